The third kappa shape index (κ3) is 3.44. The van der Waals surface area contributed by atoms with Gasteiger partial charge in [0.2, 0.25) is 0 Å². The van der Waals surface area contributed by atoms with Crippen LogP contribution in [0.3, 0.4) is 0 Å². The number of anilines is 1. The standard InChI is InChI=1S/C25H17ClN2S/c26-18-10-6-9-17(13-18)20-14-23(16-7-2-1-3-8-16)28-25-19-11-4-5-12-22(19)27-24(29)15-21(20)25/h1-14H,15H2,(H,27,29). The molecule has 2 nitrogen and oxygen atoms in total. The quantitative estimate of drug-likeness (QED) is 0.357. The highest BCUT2D eigenvalue weighted by molar-refractivity contribution is 7.80. The number of rotatable bonds is 2. The maximum atomic E-state index is 6.32. The zero-order valence-electron chi connectivity index (χ0n) is 15.5. The molecule has 1 aliphatic heterocycles. The second-order valence-corrected chi connectivity index (χ2v) is 7.96. The fraction of sp³-hybridized carbons (Fsp3) is 0.0400. The first-order chi connectivity index (χ1) is 14.2. The summed E-state index contributed by atoms with van der Waals surface area (Å²) in [6, 6.07) is 28.6. The Balaban J connectivity index is 1.85. The third-order valence-electron chi connectivity index (χ3n) is 5.12. The van der Waals surface area contributed by atoms with Gasteiger partial charge in [0.25, 0.3) is 0 Å². The topological polar surface area (TPSA) is 24.9 Å². The van der Waals surface area contributed by atoms with Crippen molar-refractivity contribution in [2.24, 2.45) is 0 Å². The van der Waals surface area contributed by atoms with E-state index in [1.165, 1.54) is 0 Å². The molecule has 0 spiro atoms. The minimum Gasteiger partial charge on any atom is -0.349 e. The number of thiocarbonyl (C=S) groups is 1. The molecule has 0 bridgehead atoms. The summed E-state index contributed by atoms with van der Waals surface area (Å²) in [5.74, 6) is 0. The largest absolute Gasteiger partial charge is 0.349 e. The van der Waals surface area contributed by atoms with E-state index in [9.17, 15) is 0 Å². The van der Waals surface area contributed by atoms with Crippen LogP contribution in [0.2, 0.25) is 5.02 Å². The van der Waals surface area contributed by atoms with E-state index in [2.05, 4.69) is 35.6 Å². The Bertz CT molecular complexity index is 1230. The van der Waals surface area contributed by atoms with E-state index in [-0.39, 0.29) is 0 Å². The van der Waals surface area contributed by atoms with E-state index in [0.29, 0.717) is 11.4 Å². The van der Waals surface area contributed by atoms with E-state index in [1.807, 2.05) is 54.6 Å². The lowest BCUT2D eigenvalue weighted by Gasteiger charge is -2.16. The molecule has 0 aliphatic carbocycles. The molecule has 140 valence electrons. The van der Waals surface area contributed by atoms with Crippen LogP contribution in [0.15, 0.2) is 84.9 Å². The summed E-state index contributed by atoms with van der Waals surface area (Å²) in [5, 5.41) is 4.10. The Morgan fingerprint density at radius 1 is 0.793 bits per heavy atom. The lowest BCUT2D eigenvalue weighted by Crippen LogP contribution is -2.10. The highest BCUT2D eigenvalue weighted by Crippen LogP contribution is 2.40. The highest BCUT2D eigenvalue weighted by Gasteiger charge is 2.23. The van der Waals surface area contributed by atoms with Gasteiger partial charge >= 0.3 is 0 Å². The molecule has 1 aromatic heterocycles. The van der Waals surface area contributed by atoms with Gasteiger partial charge in [-0.25, -0.2) is 4.98 Å². The van der Waals surface area contributed by atoms with Gasteiger partial charge in [0.15, 0.2) is 0 Å². The SMILES string of the molecule is S=C1Cc2c(-c3cccc(Cl)c3)cc(-c3ccccc3)nc2-c2ccccc2N1. The second-order valence-electron chi connectivity index (χ2n) is 7.03. The van der Waals surface area contributed by atoms with Gasteiger partial charge in [-0.15, -0.1) is 0 Å². The van der Waals surface area contributed by atoms with Crippen LogP contribution in [0.1, 0.15) is 5.56 Å². The molecular formula is C25H17ClN2S. The molecule has 0 saturated heterocycles. The van der Waals surface area contributed by atoms with Crippen molar-refractivity contribution in [2.45, 2.75) is 6.42 Å². The third-order valence-corrected chi connectivity index (χ3v) is 5.60. The fourth-order valence-electron chi connectivity index (χ4n) is 3.80. The summed E-state index contributed by atoms with van der Waals surface area (Å²) in [5.41, 5.74) is 8.32. The average Bonchev–Trinajstić information content (AvgIpc) is 2.89. The van der Waals surface area contributed by atoms with E-state index in [1.54, 1.807) is 0 Å². The molecule has 1 aliphatic rings. The first kappa shape index (κ1) is 18.0. The van der Waals surface area contributed by atoms with Crippen LogP contribution in [0.5, 0.6) is 0 Å². The summed E-state index contributed by atoms with van der Waals surface area (Å²) in [4.78, 5) is 5.88. The maximum Gasteiger partial charge on any atom is 0.0842 e. The molecule has 0 atom stereocenters. The Morgan fingerprint density at radius 3 is 2.38 bits per heavy atom. The molecular weight excluding hydrogens is 396 g/mol. The number of benzene rings is 3. The second kappa shape index (κ2) is 7.43. The van der Waals surface area contributed by atoms with Crippen molar-refractivity contribution in [3.8, 4) is 33.6 Å². The number of pyridine rings is 1. The van der Waals surface area contributed by atoms with Crippen molar-refractivity contribution in [3.63, 3.8) is 0 Å². The number of hydrogen-bond acceptors (Lipinski definition) is 2. The Morgan fingerprint density at radius 2 is 1.55 bits per heavy atom. The molecule has 4 aromatic rings. The zero-order chi connectivity index (χ0) is 19.8. The molecule has 29 heavy (non-hydrogen) atoms. The number of hydrogen-bond donors (Lipinski definition) is 1. The number of nitrogens with zero attached hydrogens (tertiary/aromatic N) is 1. The number of para-hydroxylation sites is 1. The van der Waals surface area contributed by atoms with Crippen LogP contribution in [0.25, 0.3) is 33.6 Å². The summed E-state index contributed by atoms with van der Waals surface area (Å²) < 4.78 is 0. The number of nitrogens with one attached hydrogen (secondary N) is 1. The molecule has 4 heteroatoms. The average molecular weight is 413 g/mol. The van der Waals surface area contributed by atoms with E-state index in [0.717, 1.165) is 49.9 Å². The highest BCUT2D eigenvalue weighted by atomic mass is 35.5. The van der Waals surface area contributed by atoms with E-state index < -0.39 is 0 Å². The normalized spacial score (nSPS) is 12.5. The van der Waals surface area contributed by atoms with Crippen LogP contribution >= 0.6 is 23.8 Å². The van der Waals surface area contributed by atoms with Gasteiger partial charge in [-0.05, 0) is 41.0 Å². The van der Waals surface area contributed by atoms with Gasteiger partial charge in [0.1, 0.15) is 0 Å². The van der Waals surface area contributed by atoms with Crippen molar-refractivity contribution in [1.82, 2.24) is 4.98 Å². The molecule has 2 heterocycles. The lowest BCUT2D eigenvalue weighted by molar-refractivity contribution is 1.25. The fourth-order valence-corrected chi connectivity index (χ4v) is 4.24. The van der Waals surface area contributed by atoms with Gasteiger partial charge in [0, 0.05) is 28.3 Å². The zero-order valence-corrected chi connectivity index (χ0v) is 17.1. The first-order valence-electron chi connectivity index (χ1n) is 9.43. The Hall–Kier alpha value is -3.01. The van der Waals surface area contributed by atoms with Crippen molar-refractivity contribution >= 4 is 34.5 Å². The summed E-state index contributed by atoms with van der Waals surface area (Å²) >= 11 is 12.0. The van der Waals surface area contributed by atoms with Gasteiger partial charge < -0.3 is 5.32 Å². The first-order valence-corrected chi connectivity index (χ1v) is 10.2. The van der Waals surface area contributed by atoms with Crippen LogP contribution in [0, 0.1) is 0 Å². The summed E-state index contributed by atoms with van der Waals surface area (Å²) in [7, 11) is 0. The molecule has 0 radical (unpaired) electrons. The van der Waals surface area contributed by atoms with E-state index in [4.69, 9.17) is 28.8 Å². The Labute approximate surface area is 180 Å². The van der Waals surface area contributed by atoms with Crippen LogP contribution in [-0.2, 0) is 6.42 Å². The van der Waals surface area contributed by atoms with Crippen molar-refractivity contribution in [3.05, 3.63) is 95.5 Å². The van der Waals surface area contributed by atoms with E-state index >= 15 is 0 Å². The molecule has 0 unspecified atom stereocenters. The van der Waals surface area contributed by atoms with Crippen LogP contribution in [0.4, 0.5) is 5.69 Å². The minimum atomic E-state index is 0.628. The minimum absolute atomic E-state index is 0.628. The van der Waals surface area contributed by atoms with Crippen molar-refractivity contribution in [2.75, 3.05) is 5.32 Å². The van der Waals surface area contributed by atoms with Gasteiger partial charge in [-0.1, -0.05) is 84.5 Å². The molecule has 0 saturated carbocycles. The molecule has 0 fully saturated rings. The number of fused-ring (bicyclic) bond motifs is 3. The summed E-state index contributed by atoms with van der Waals surface area (Å²) in [6.45, 7) is 0. The van der Waals surface area contributed by atoms with Crippen LogP contribution in [-0.4, -0.2) is 9.97 Å². The maximum absolute atomic E-state index is 6.32. The predicted molar refractivity (Wildman–Crippen MR) is 125 cm³/mol. The number of halogens is 1. The van der Waals surface area contributed by atoms with Crippen molar-refractivity contribution < 1.29 is 0 Å². The van der Waals surface area contributed by atoms with Gasteiger partial charge in [-0.2, -0.15) is 0 Å². The molecule has 0 amide bonds. The van der Waals surface area contributed by atoms with Gasteiger partial charge in [-0.3, -0.25) is 0 Å². The molecule has 1 N–H and O–H groups in total. The lowest BCUT2D eigenvalue weighted by atomic mass is 9.92. The monoisotopic (exact) mass is 412 g/mol. The molecule has 3 aromatic carbocycles. The smallest absolute Gasteiger partial charge is 0.0842 e. The Kier molecular flexibility index (Phi) is 4.62. The van der Waals surface area contributed by atoms with Crippen molar-refractivity contribution in [1.29, 1.82) is 0 Å². The summed E-state index contributed by atoms with van der Waals surface area (Å²) in [6.07, 6.45) is 0.628. The predicted octanol–water partition coefficient (Wildman–Crippen LogP) is 7.03. The van der Waals surface area contributed by atoms with Crippen LogP contribution < -0.4 is 5.32 Å². The number of aromatic nitrogens is 1. The van der Waals surface area contributed by atoms with Gasteiger partial charge in [0.05, 0.1) is 16.4 Å². The molecule has 5 rings (SSSR count).